The summed E-state index contributed by atoms with van der Waals surface area (Å²) in [6.07, 6.45) is 5.28. The van der Waals surface area contributed by atoms with Crippen molar-refractivity contribution >= 4 is 28.9 Å². The summed E-state index contributed by atoms with van der Waals surface area (Å²) in [5.41, 5.74) is 4.96. The van der Waals surface area contributed by atoms with Gasteiger partial charge in [0, 0.05) is 30.5 Å². The molecule has 0 spiro atoms. The maximum absolute atomic E-state index is 13.6. The summed E-state index contributed by atoms with van der Waals surface area (Å²) in [6.45, 7) is 0.690. The number of halogens is 1. The fourth-order valence-corrected chi connectivity index (χ4v) is 5.52. The molecule has 0 N–H and O–H groups in total. The summed E-state index contributed by atoms with van der Waals surface area (Å²) in [5.74, 6) is 2.05. The van der Waals surface area contributed by atoms with E-state index < -0.39 is 0 Å². The number of anilines is 2. The van der Waals surface area contributed by atoms with Crippen molar-refractivity contribution in [1.29, 1.82) is 0 Å². The van der Waals surface area contributed by atoms with Crippen molar-refractivity contribution in [2.24, 2.45) is 5.92 Å². The van der Waals surface area contributed by atoms with Crippen molar-refractivity contribution in [1.82, 2.24) is 0 Å². The molecule has 1 aliphatic heterocycles. The molecule has 2 aliphatic rings. The van der Waals surface area contributed by atoms with E-state index in [4.69, 9.17) is 21.1 Å². The van der Waals surface area contributed by atoms with Gasteiger partial charge in [-0.1, -0.05) is 36.6 Å². The predicted molar refractivity (Wildman–Crippen MR) is 146 cm³/mol. The predicted octanol–water partition coefficient (Wildman–Crippen LogP) is 6.66. The van der Waals surface area contributed by atoms with Gasteiger partial charge in [-0.05, 0) is 84.0 Å². The molecule has 1 unspecified atom stereocenters. The number of carbonyl (C=O) groups is 1. The second-order valence-electron chi connectivity index (χ2n) is 9.97. The van der Waals surface area contributed by atoms with E-state index in [9.17, 15) is 4.79 Å². The van der Waals surface area contributed by atoms with E-state index in [1.165, 1.54) is 25.7 Å². The highest BCUT2D eigenvalue weighted by Crippen LogP contribution is 2.44. The molecular weight excluding hydrogens is 472 g/mol. The Hall–Kier alpha value is -3.18. The first kappa shape index (κ1) is 24.5. The molecule has 3 aromatic rings. The highest BCUT2D eigenvalue weighted by Gasteiger charge is 2.36. The lowest BCUT2D eigenvalue weighted by molar-refractivity contribution is -0.118. The van der Waals surface area contributed by atoms with Crippen LogP contribution in [0.1, 0.15) is 48.4 Å². The molecule has 5 nitrogen and oxygen atoms in total. The third-order valence-electron chi connectivity index (χ3n) is 7.37. The smallest absolute Gasteiger partial charge is 0.232 e. The van der Waals surface area contributed by atoms with E-state index in [1.54, 1.807) is 7.11 Å². The molecule has 1 fully saturated rings. The van der Waals surface area contributed by atoms with E-state index in [2.05, 4.69) is 6.07 Å². The number of ether oxygens (including phenoxy) is 2. The summed E-state index contributed by atoms with van der Waals surface area (Å²) >= 11 is 6.23. The molecular formula is C30H33ClN2O3. The fraction of sp³-hybridized carbons (Fsp3) is 0.367. The van der Waals surface area contributed by atoms with Crippen LogP contribution in [0.3, 0.4) is 0 Å². The summed E-state index contributed by atoms with van der Waals surface area (Å²) in [6, 6.07) is 19.6. The van der Waals surface area contributed by atoms with Crippen LogP contribution < -0.4 is 19.3 Å². The van der Waals surface area contributed by atoms with Crippen molar-refractivity contribution in [3.05, 3.63) is 82.4 Å². The number of rotatable bonds is 7. The van der Waals surface area contributed by atoms with Gasteiger partial charge in [0.1, 0.15) is 0 Å². The van der Waals surface area contributed by atoms with Crippen LogP contribution in [0.4, 0.5) is 11.4 Å². The van der Waals surface area contributed by atoms with Gasteiger partial charge >= 0.3 is 0 Å². The third-order valence-corrected chi connectivity index (χ3v) is 7.62. The second kappa shape index (κ2) is 10.4. The van der Waals surface area contributed by atoms with Gasteiger partial charge in [-0.15, -0.1) is 0 Å². The normalized spacial score (nSPS) is 17.7. The monoisotopic (exact) mass is 504 g/mol. The second-order valence-corrected chi connectivity index (χ2v) is 10.4. The van der Waals surface area contributed by atoms with Crippen molar-refractivity contribution in [3.63, 3.8) is 0 Å². The Morgan fingerprint density at radius 1 is 0.972 bits per heavy atom. The van der Waals surface area contributed by atoms with Crippen LogP contribution in [-0.4, -0.2) is 33.7 Å². The molecule has 188 valence electrons. The SMILES string of the molecule is COc1cc2c(cc1OCC1CCCC1)C(c1ccc(Cl)cc1)N(c1ccc(N(C)C)cc1)C(=O)C2. The number of hydrogen-bond acceptors (Lipinski definition) is 4. The van der Waals surface area contributed by atoms with E-state index in [1.807, 2.05) is 78.5 Å². The van der Waals surface area contributed by atoms with Gasteiger partial charge in [0.05, 0.1) is 26.2 Å². The molecule has 1 heterocycles. The van der Waals surface area contributed by atoms with Gasteiger partial charge in [0.15, 0.2) is 11.5 Å². The molecule has 5 rings (SSSR count). The van der Waals surface area contributed by atoms with Crippen LogP contribution in [0.2, 0.25) is 5.02 Å². The summed E-state index contributed by atoms with van der Waals surface area (Å²) in [5, 5.41) is 0.665. The minimum Gasteiger partial charge on any atom is -0.493 e. The first-order chi connectivity index (χ1) is 17.4. The molecule has 0 radical (unpaired) electrons. The Labute approximate surface area is 218 Å². The lowest BCUT2D eigenvalue weighted by Gasteiger charge is -2.38. The van der Waals surface area contributed by atoms with Crippen molar-refractivity contribution in [2.75, 3.05) is 37.6 Å². The zero-order valence-corrected chi connectivity index (χ0v) is 21.9. The number of amides is 1. The largest absolute Gasteiger partial charge is 0.493 e. The van der Waals surface area contributed by atoms with Gasteiger partial charge in [-0.2, -0.15) is 0 Å². The molecule has 1 aliphatic carbocycles. The van der Waals surface area contributed by atoms with Gasteiger partial charge in [0.2, 0.25) is 5.91 Å². The average Bonchev–Trinajstić information content (AvgIpc) is 3.41. The number of benzene rings is 3. The van der Waals surface area contributed by atoms with E-state index in [-0.39, 0.29) is 11.9 Å². The summed E-state index contributed by atoms with van der Waals surface area (Å²) < 4.78 is 12.0. The van der Waals surface area contributed by atoms with Crippen molar-refractivity contribution in [3.8, 4) is 11.5 Å². The Morgan fingerprint density at radius 3 is 2.31 bits per heavy atom. The molecule has 36 heavy (non-hydrogen) atoms. The van der Waals surface area contributed by atoms with Gasteiger partial charge in [0.25, 0.3) is 0 Å². The van der Waals surface area contributed by atoms with E-state index in [0.29, 0.717) is 29.7 Å². The number of fused-ring (bicyclic) bond motifs is 1. The lowest BCUT2D eigenvalue weighted by Crippen LogP contribution is -2.41. The van der Waals surface area contributed by atoms with E-state index >= 15 is 0 Å². The molecule has 1 atom stereocenters. The number of carbonyl (C=O) groups excluding carboxylic acids is 1. The molecule has 0 saturated heterocycles. The highest BCUT2D eigenvalue weighted by molar-refractivity contribution is 6.30. The van der Waals surface area contributed by atoms with Gasteiger partial charge in [-0.3, -0.25) is 4.79 Å². The van der Waals surface area contributed by atoms with Crippen LogP contribution in [-0.2, 0) is 11.2 Å². The van der Waals surface area contributed by atoms with Crippen LogP contribution in [0.15, 0.2) is 60.7 Å². The molecule has 0 aromatic heterocycles. The minimum absolute atomic E-state index is 0.0433. The zero-order valence-electron chi connectivity index (χ0n) is 21.2. The molecule has 1 saturated carbocycles. The topological polar surface area (TPSA) is 42.0 Å². The Bertz CT molecular complexity index is 1220. The minimum atomic E-state index is -0.302. The van der Waals surface area contributed by atoms with Crippen LogP contribution in [0.5, 0.6) is 11.5 Å². The lowest BCUT2D eigenvalue weighted by atomic mass is 9.86. The summed E-state index contributed by atoms with van der Waals surface area (Å²) in [7, 11) is 5.67. The Morgan fingerprint density at radius 2 is 1.67 bits per heavy atom. The van der Waals surface area contributed by atoms with Crippen LogP contribution in [0, 0.1) is 5.92 Å². The zero-order chi connectivity index (χ0) is 25.2. The molecule has 6 heteroatoms. The van der Waals surface area contributed by atoms with Crippen LogP contribution >= 0.6 is 11.6 Å². The van der Waals surface area contributed by atoms with E-state index in [0.717, 1.165) is 33.8 Å². The van der Waals surface area contributed by atoms with Crippen LogP contribution in [0.25, 0.3) is 0 Å². The highest BCUT2D eigenvalue weighted by atomic mass is 35.5. The average molecular weight is 505 g/mol. The molecule has 1 amide bonds. The standard InChI is InChI=1S/C30H33ClN2O3/c1-32(2)24-12-14-25(15-13-24)33-29(34)17-22-16-27(35-3)28(36-19-20-6-4-5-7-20)18-26(22)30(33)21-8-10-23(31)11-9-21/h8-16,18,20,30H,4-7,17,19H2,1-3H3. The first-order valence-corrected chi connectivity index (χ1v) is 13.0. The summed E-state index contributed by atoms with van der Waals surface area (Å²) in [4.78, 5) is 17.6. The Balaban J connectivity index is 1.59. The first-order valence-electron chi connectivity index (χ1n) is 12.6. The maximum Gasteiger partial charge on any atom is 0.232 e. The van der Waals surface area contributed by atoms with Crippen molar-refractivity contribution < 1.29 is 14.3 Å². The Kier molecular flexibility index (Phi) is 7.10. The van der Waals surface area contributed by atoms with Crippen molar-refractivity contribution in [2.45, 2.75) is 38.1 Å². The molecule has 3 aromatic carbocycles. The quantitative estimate of drug-likeness (QED) is 0.360. The maximum atomic E-state index is 13.6. The number of methoxy groups -OCH3 is 1. The number of hydrogen-bond donors (Lipinski definition) is 0. The van der Waals surface area contributed by atoms with Gasteiger partial charge in [-0.25, -0.2) is 0 Å². The number of nitrogens with zero attached hydrogens (tertiary/aromatic N) is 2. The van der Waals surface area contributed by atoms with Gasteiger partial charge < -0.3 is 19.3 Å². The molecule has 0 bridgehead atoms. The fourth-order valence-electron chi connectivity index (χ4n) is 5.39. The third kappa shape index (κ3) is 4.90.